The van der Waals surface area contributed by atoms with E-state index in [0.29, 0.717) is 6.04 Å². The highest BCUT2D eigenvalue weighted by molar-refractivity contribution is 5.51. The molecule has 0 unspecified atom stereocenters. The Morgan fingerprint density at radius 1 is 1.12 bits per heavy atom. The molecule has 24 heavy (non-hydrogen) atoms. The molecule has 0 saturated carbocycles. The Hall–Kier alpha value is -2.10. The fraction of sp³-hybridized carbons (Fsp3) is 0.500. The number of aromatic nitrogens is 2. The number of anilines is 2. The van der Waals surface area contributed by atoms with Gasteiger partial charge in [-0.1, -0.05) is 37.3 Å². The van der Waals surface area contributed by atoms with E-state index in [9.17, 15) is 0 Å². The first-order chi connectivity index (χ1) is 11.6. The van der Waals surface area contributed by atoms with Crippen LogP contribution < -0.4 is 9.80 Å². The number of rotatable bonds is 5. The lowest BCUT2D eigenvalue weighted by Gasteiger charge is -2.32. The quantitative estimate of drug-likeness (QED) is 0.828. The minimum Gasteiger partial charge on any atom is -0.356 e. The minimum absolute atomic E-state index is 0.384. The Labute approximate surface area is 145 Å². The van der Waals surface area contributed by atoms with E-state index in [1.165, 1.54) is 18.4 Å². The third-order valence-corrected chi connectivity index (χ3v) is 4.86. The predicted molar refractivity (Wildman–Crippen MR) is 100 cm³/mol. The van der Waals surface area contributed by atoms with Gasteiger partial charge in [-0.05, 0) is 38.2 Å². The second kappa shape index (κ2) is 7.65. The Morgan fingerprint density at radius 2 is 1.83 bits per heavy atom. The molecule has 2 heterocycles. The van der Waals surface area contributed by atoms with Crippen molar-refractivity contribution < 1.29 is 0 Å². The van der Waals surface area contributed by atoms with Crippen LogP contribution >= 0.6 is 0 Å². The molecule has 1 aliphatic heterocycles. The molecule has 1 aromatic carbocycles. The molecule has 0 amide bonds. The Balaban J connectivity index is 1.79. The second-order valence-corrected chi connectivity index (χ2v) is 7.11. The summed E-state index contributed by atoms with van der Waals surface area (Å²) in [6.07, 6.45) is 4.21. The van der Waals surface area contributed by atoms with Crippen LogP contribution in [0.25, 0.3) is 0 Å². The van der Waals surface area contributed by atoms with Crippen molar-refractivity contribution >= 4 is 11.6 Å². The van der Waals surface area contributed by atoms with Gasteiger partial charge in [0.1, 0.15) is 18.0 Å². The number of hydrogen-bond donors (Lipinski definition) is 0. The van der Waals surface area contributed by atoms with Crippen LogP contribution in [0.4, 0.5) is 11.6 Å². The maximum atomic E-state index is 4.56. The molecule has 4 heteroatoms. The van der Waals surface area contributed by atoms with E-state index in [1.807, 2.05) is 0 Å². The number of benzene rings is 1. The van der Waals surface area contributed by atoms with E-state index < -0.39 is 0 Å². The Morgan fingerprint density at radius 3 is 2.50 bits per heavy atom. The monoisotopic (exact) mass is 324 g/mol. The first kappa shape index (κ1) is 16.7. The summed E-state index contributed by atoms with van der Waals surface area (Å²) in [6.45, 7) is 9.83. The number of hydrogen-bond acceptors (Lipinski definition) is 4. The normalized spacial score (nSPS) is 15.8. The minimum atomic E-state index is 0.384. The summed E-state index contributed by atoms with van der Waals surface area (Å²) in [5.74, 6) is 2.90. The summed E-state index contributed by atoms with van der Waals surface area (Å²) >= 11 is 0. The average molecular weight is 324 g/mol. The highest BCUT2D eigenvalue weighted by Gasteiger charge is 2.19. The lowest BCUT2D eigenvalue weighted by Crippen LogP contribution is -2.34. The van der Waals surface area contributed by atoms with Gasteiger partial charge in [0.15, 0.2) is 0 Å². The largest absolute Gasteiger partial charge is 0.356 e. The summed E-state index contributed by atoms with van der Waals surface area (Å²) in [6, 6.07) is 13.1. The van der Waals surface area contributed by atoms with Crippen LogP contribution in [0, 0.1) is 5.92 Å². The summed E-state index contributed by atoms with van der Waals surface area (Å²) in [5.41, 5.74) is 1.30. The lowest BCUT2D eigenvalue weighted by atomic mass is 9.99. The molecule has 1 aliphatic rings. The Kier molecular flexibility index (Phi) is 5.34. The van der Waals surface area contributed by atoms with Crippen LogP contribution in [-0.4, -0.2) is 29.1 Å². The molecule has 1 saturated heterocycles. The summed E-state index contributed by atoms with van der Waals surface area (Å²) in [4.78, 5) is 13.8. The smallest absolute Gasteiger partial charge is 0.134 e. The van der Waals surface area contributed by atoms with Crippen LogP contribution in [0.3, 0.4) is 0 Å². The van der Waals surface area contributed by atoms with Crippen molar-refractivity contribution in [3.8, 4) is 0 Å². The molecule has 1 fully saturated rings. The SMILES string of the molecule is CC1CCN(c2cc(N(Cc3ccccc3)C(C)C)ncn2)CC1. The van der Waals surface area contributed by atoms with Gasteiger partial charge in [-0.2, -0.15) is 0 Å². The molecule has 0 radical (unpaired) electrons. The van der Waals surface area contributed by atoms with Crippen molar-refractivity contribution in [1.82, 2.24) is 9.97 Å². The topological polar surface area (TPSA) is 32.3 Å². The van der Waals surface area contributed by atoms with Gasteiger partial charge < -0.3 is 9.80 Å². The van der Waals surface area contributed by atoms with Crippen molar-refractivity contribution in [2.75, 3.05) is 22.9 Å². The third kappa shape index (κ3) is 4.05. The zero-order valence-corrected chi connectivity index (χ0v) is 15.0. The summed E-state index contributed by atoms with van der Waals surface area (Å²) in [5, 5.41) is 0. The average Bonchev–Trinajstić information content (AvgIpc) is 2.61. The van der Waals surface area contributed by atoms with E-state index in [-0.39, 0.29) is 0 Å². The van der Waals surface area contributed by atoms with Crippen LogP contribution in [-0.2, 0) is 6.54 Å². The van der Waals surface area contributed by atoms with E-state index in [1.54, 1.807) is 6.33 Å². The molecule has 0 bridgehead atoms. The number of piperidine rings is 1. The van der Waals surface area contributed by atoms with Crippen LogP contribution in [0.5, 0.6) is 0 Å². The molecule has 4 nitrogen and oxygen atoms in total. The highest BCUT2D eigenvalue weighted by Crippen LogP contribution is 2.25. The van der Waals surface area contributed by atoms with E-state index in [0.717, 1.165) is 37.2 Å². The van der Waals surface area contributed by atoms with Crippen molar-refractivity contribution in [3.05, 3.63) is 48.3 Å². The molecule has 0 N–H and O–H groups in total. The molecule has 0 aliphatic carbocycles. The lowest BCUT2D eigenvalue weighted by molar-refractivity contribution is 0.436. The maximum absolute atomic E-state index is 4.56. The fourth-order valence-corrected chi connectivity index (χ4v) is 3.21. The molecule has 0 spiro atoms. The molecular formula is C20H28N4. The van der Waals surface area contributed by atoms with Crippen LogP contribution in [0.15, 0.2) is 42.7 Å². The predicted octanol–water partition coefficient (Wildman–Crippen LogP) is 4.13. The van der Waals surface area contributed by atoms with Crippen molar-refractivity contribution in [2.24, 2.45) is 5.92 Å². The standard InChI is InChI=1S/C20H28N4/c1-16(2)24(14-18-7-5-4-6-8-18)20-13-19(21-15-22-20)23-11-9-17(3)10-12-23/h4-8,13,15-17H,9-12,14H2,1-3H3. The van der Waals surface area contributed by atoms with Gasteiger partial charge in [0, 0.05) is 31.7 Å². The molecule has 0 atom stereocenters. The first-order valence-corrected chi connectivity index (χ1v) is 9.01. The van der Waals surface area contributed by atoms with Crippen molar-refractivity contribution in [1.29, 1.82) is 0 Å². The maximum Gasteiger partial charge on any atom is 0.134 e. The zero-order valence-electron chi connectivity index (χ0n) is 15.0. The molecular weight excluding hydrogens is 296 g/mol. The van der Waals surface area contributed by atoms with Gasteiger partial charge in [0.05, 0.1) is 0 Å². The van der Waals surface area contributed by atoms with E-state index in [2.05, 4.69) is 76.9 Å². The van der Waals surface area contributed by atoms with Gasteiger partial charge in [-0.3, -0.25) is 0 Å². The van der Waals surface area contributed by atoms with Gasteiger partial charge in [0.25, 0.3) is 0 Å². The number of nitrogens with zero attached hydrogens (tertiary/aromatic N) is 4. The molecule has 3 rings (SSSR count). The first-order valence-electron chi connectivity index (χ1n) is 9.01. The Bertz CT molecular complexity index is 633. The van der Waals surface area contributed by atoms with Crippen molar-refractivity contribution in [3.63, 3.8) is 0 Å². The second-order valence-electron chi connectivity index (χ2n) is 7.11. The van der Waals surface area contributed by atoms with Crippen molar-refractivity contribution in [2.45, 2.75) is 46.2 Å². The van der Waals surface area contributed by atoms with E-state index >= 15 is 0 Å². The zero-order chi connectivity index (χ0) is 16.9. The van der Waals surface area contributed by atoms with Gasteiger partial charge >= 0.3 is 0 Å². The van der Waals surface area contributed by atoms with Gasteiger partial charge in [0.2, 0.25) is 0 Å². The highest BCUT2D eigenvalue weighted by atomic mass is 15.2. The summed E-state index contributed by atoms with van der Waals surface area (Å²) < 4.78 is 0. The fourth-order valence-electron chi connectivity index (χ4n) is 3.21. The van der Waals surface area contributed by atoms with E-state index in [4.69, 9.17) is 0 Å². The van der Waals surface area contributed by atoms with Gasteiger partial charge in [-0.15, -0.1) is 0 Å². The van der Waals surface area contributed by atoms with Crippen LogP contribution in [0.1, 0.15) is 39.2 Å². The van der Waals surface area contributed by atoms with Gasteiger partial charge in [-0.25, -0.2) is 9.97 Å². The van der Waals surface area contributed by atoms with Crippen LogP contribution in [0.2, 0.25) is 0 Å². The molecule has 2 aromatic rings. The summed E-state index contributed by atoms with van der Waals surface area (Å²) in [7, 11) is 0. The molecule has 1 aromatic heterocycles. The third-order valence-electron chi connectivity index (χ3n) is 4.86. The molecule has 128 valence electrons.